The summed E-state index contributed by atoms with van der Waals surface area (Å²) in [5.74, 6) is 0.738. The van der Waals surface area contributed by atoms with E-state index in [0.29, 0.717) is 18.9 Å². The van der Waals surface area contributed by atoms with E-state index in [9.17, 15) is 5.11 Å². The first kappa shape index (κ1) is 18.4. The average Bonchev–Trinajstić information content (AvgIpc) is 3.14. The average molecular weight is 398 g/mol. The monoisotopic (exact) mass is 398 g/mol. The van der Waals surface area contributed by atoms with Crippen molar-refractivity contribution in [3.05, 3.63) is 84.3 Å². The Morgan fingerprint density at radius 2 is 1.87 bits per heavy atom. The minimum Gasteiger partial charge on any atom is -0.504 e. The molecule has 150 valence electrons. The van der Waals surface area contributed by atoms with Crippen LogP contribution in [0.1, 0.15) is 11.1 Å². The number of phenolic OH excluding ortho intramolecular Hbond substituents is 1. The standard InChI is InChI=1S/C24H22N4O2/c29-22-12-19(18-7-4-8-25-13-18)11-20-15-28(9-10-30-24(20)22)16-21-14-26-27-23(21)17-5-2-1-3-6-17/h1-8,11-14,29H,9-10,15-16H2,(H,26,27). The first-order valence-corrected chi connectivity index (χ1v) is 9.97. The topological polar surface area (TPSA) is 74.3 Å². The van der Waals surface area contributed by atoms with Crippen molar-refractivity contribution in [2.45, 2.75) is 13.1 Å². The molecule has 0 saturated carbocycles. The van der Waals surface area contributed by atoms with Gasteiger partial charge in [0.1, 0.15) is 6.61 Å². The number of nitrogens with zero attached hydrogens (tertiary/aromatic N) is 3. The SMILES string of the molecule is Oc1cc(-c2cccnc2)cc2c1OCCN(Cc1cn[nH]c1-c1ccccc1)C2. The first-order valence-electron chi connectivity index (χ1n) is 9.97. The van der Waals surface area contributed by atoms with E-state index in [1.165, 1.54) is 0 Å². The van der Waals surface area contributed by atoms with Crippen molar-refractivity contribution in [3.8, 4) is 33.9 Å². The smallest absolute Gasteiger partial charge is 0.165 e. The van der Waals surface area contributed by atoms with Crippen LogP contribution in [-0.4, -0.2) is 38.3 Å². The number of aromatic hydroxyl groups is 1. The Morgan fingerprint density at radius 1 is 1.00 bits per heavy atom. The van der Waals surface area contributed by atoms with Crippen molar-refractivity contribution in [2.24, 2.45) is 0 Å². The Morgan fingerprint density at radius 3 is 2.70 bits per heavy atom. The van der Waals surface area contributed by atoms with Crippen LogP contribution in [0.5, 0.6) is 11.5 Å². The molecule has 3 heterocycles. The fraction of sp³-hybridized carbons (Fsp3) is 0.167. The Bertz CT molecular complexity index is 1140. The molecule has 4 aromatic rings. The van der Waals surface area contributed by atoms with Gasteiger partial charge in [-0.3, -0.25) is 15.0 Å². The maximum Gasteiger partial charge on any atom is 0.165 e. The lowest BCUT2D eigenvalue weighted by molar-refractivity contribution is 0.217. The number of aromatic nitrogens is 3. The van der Waals surface area contributed by atoms with Crippen LogP contribution in [0.4, 0.5) is 0 Å². The van der Waals surface area contributed by atoms with Gasteiger partial charge in [-0.15, -0.1) is 0 Å². The second kappa shape index (κ2) is 8.00. The van der Waals surface area contributed by atoms with Crippen LogP contribution in [-0.2, 0) is 13.1 Å². The van der Waals surface area contributed by atoms with Crippen molar-refractivity contribution in [2.75, 3.05) is 13.2 Å². The van der Waals surface area contributed by atoms with E-state index in [0.717, 1.165) is 46.6 Å². The fourth-order valence-electron chi connectivity index (χ4n) is 3.91. The molecule has 0 aliphatic carbocycles. The summed E-state index contributed by atoms with van der Waals surface area (Å²) in [6.45, 7) is 2.69. The number of hydrogen-bond donors (Lipinski definition) is 2. The highest BCUT2D eigenvalue weighted by atomic mass is 16.5. The molecular formula is C24H22N4O2. The number of rotatable bonds is 4. The van der Waals surface area contributed by atoms with Gasteiger partial charge in [-0.2, -0.15) is 5.10 Å². The number of aromatic amines is 1. The molecule has 0 saturated heterocycles. The number of phenols is 1. The van der Waals surface area contributed by atoms with Gasteiger partial charge in [-0.05, 0) is 29.3 Å². The van der Waals surface area contributed by atoms with Crippen LogP contribution in [0, 0.1) is 0 Å². The van der Waals surface area contributed by atoms with E-state index >= 15 is 0 Å². The van der Waals surface area contributed by atoms with Crippen molar-refractivity contribution in [3.63, 3.8) is 0 Å². The molecule has 1 aliphatic heterocycles. The Hall–Kier alpha value is -3.64. The van der Waals surface area contributed by atoms with E-state index < -0.39 is 0 Å². The van der Waals surface area contributed by atoms with Crippen molar-refractivity contribution < 1.29 is 9.84 Å². The highest BCUT2D eigenvalue weighted by Gasteiger charge is 2.21. The zero-order chi connectivity index (χ0) is 20.3. The molecule has 0 atom stereocenters. The third kappa shape index (κ3) is 3.65. The maximum absolute atomic E-state index is 10.6. The van der Waals surface area contributed by atoms with Crippen molar-refractivity contribution >= 4 is 0 Å². The molecule has 0 spiro atoms. The van der Waals surface area contributed by atoms with Crippen LogP contribution in [0.15, 0.2) is 73.2 Å². The summed E-state index contributed by atoms with van der Waals surface area (Å²) < 4.78 is 5.90. The second-order valence-corrected chi connectivity index (χ2v) is 7.42. The Labute approximate surface area is 174 Å². The van der Waals surface area contributed by atoms with Gasteiger partial charge in [-0.25, -0.2) is 0 Å². The van der Waals surface area contributed by atoms with Crippen LogP contribution >= 0.6 is 0 Å². The summed E-state index contributed by atoms with van der Waals surface area (Å²) in [6, 6.07) is 17.9. The molecular weight excluding hydrogens is 376 g/mol. The Balaban J connectivity index is 1.43. The molecule has 6 nitrogen and oxygen atoms in total. The number of H-pyrrole nitrogens is 1. The normalized spacial score (nSPS) is 14.0. The van der Waals surface area contributed by atoms with Gasteiger partial charge >= 0.3 is 0 Å². The molecule has 2 N–H and O–H groups in total. The number of hydrogen-bond acceptors (Lipinski definition) is 5. The van der Waals surface area contributed by atoms with Gasteiger partial charge in [-0.1, -0.05) is 36.4 Å². The summed E-state index contributed by atoms with van der Waals surface area (Å²) in [6.07, 6.45) is 5.43. The zero-order valence-electron chi connectivity index (χ0n) is 16.5. The molecule has 0 fully saturated rings. The van der Waals surface area contributed by atoms with Gasteiger partial charge in [0.25, 0.3) is 0 Å². The number of benzene rings is 2. The number of pyridine rings is 1. The van der Waals surface area contributed by atoms with Gasteiger partial charge in [0.05, 0.1) is 11.9 Å². The van der Waals surface area contributed by atoms with E-state index in [-0.39, 0.29) is 5.75 Å². The van der Waals surface area contributed by atoms with Crippen molar-refractivity contribution in [1.82, 2.24) is 20.1 Å². The van der Waals surface area contributed by atoms with Gasteiger partial charge in [0, 0.05) is 48.7 Å². The van der Waals surface area contributed by atoms with E-state index in [2.05, 4.69) is 38.3 Å². The molecule has 0 amide bonds. The lowest BCUT2D eigenvalue weighted by atomic mass is 10.0. The molecule has 0 unspecified atom stereocenters. The third-order valence-electron chi connectivity index (χ3n) is 5.36. The van der Waals surface area contributed by atoms with Crippen LogP contribution < -0.4 is 4.74 Å². The quantitative estimate of drug-likeness (QED) is 0.538. The number of ether oxygens (including phenoxy) is 1. The highest BCUT2D eigenvalue weighted by Crippen LogP contribution is 2.37. The maximum atomic E-state index is 10.6. The van der Waals surface area contributed by atoms with E-state index in [1.807, 2.05) is 36.5 Å². The second-order valence-electron chi connectivity index (χ2n) is 7.42. The van der Waals surface area contributed by atoms with Gasteiger partial charge in [0.2, 0.25) is 0 Å². The molecule has 1 aliphatic rings. The first-order chi connectivity index (χ1) is 14.8. The van der Waals surface area contributed by atoms with Crippen molar-refractivity contribution in [1.29, 1.82) is 0 Å². The molecule has 2 aromatic carbocycles. The van der Waals surface area contributed by atoms with E-state index in [4.69, 9.17) is 4.74 Å². The molecule has 0 bridgehead atoms. The number of fused-ring (bicyclic) bond motifs is 1. The summed E-state index contributed by atoms with van der Waals surface area (Å²) in [5.41, 5.74) is 6.15. The summed E-state index contributed by atoms with van der Waals surface area (Å²) in [7, 11) is 0. The fourth-order valence-corrected chi connectivity index (χ4v) is 3.91. The summed E-state index contributed by atoms with van der Waals surface area (Å²) in [4.78, 5) is 6.51. The molecule has 5 rings (SSSR count). The van der Waals surface area contributed by atoms with E-state index in [1.54, 1.807) is 18.5 Å². The molecule has 30 heavy (non-hydrogen) atoms. The van der Waals surface area contributed by atoms with Gasteiger partial charge < -0.3 is 9.84 Å². The third-order valence-corrected chi connectivity index (χ3v) is 5.36. The number of nitrogens with one attached hydrogen (secondary N) is 1. The molecule has 6 heteroatoms. The molecule has 0 radical (unpaired) electrons. The summed E-state index contributed by atoms with van der Waals surface area (Å²) in [5, 5.41) is 18.0. The predicted molar refractivity (Wildman–Crippen MR) is 115 cm³/mol. The van der Waals surface area contributed by atoms with Crippen LogP contribution in [0.25, 0.3) is 22.4 Å². The Kier molecular flexibility index (Phi) is 4.91. The van der Waals surface area contributed by atoms with Crippen LogP contribution in [0.2, 0.25) is 0 Å². The minimum atomic E-state index is 0.168. The highest BCUT2D eigenvalue weighted by molar-refractivity contribution is 5.68. The lowest BCUT2D eigenvalue weighted by Crippen LogP contribution is -2.25. The molecule has 2 aromatic heterocycles. The van der Waals surface area contributed by atoms with Crippen LogP contribution in [0.3, 0.4) is 0 Å². The minimum absolute atomic E-state index is 0.168. The summed E-state index contributed by atoms with van der Waals surface area (Å²) >= 11 is 0. The zero-order valence-corrected chi connectivity index (χ0v) is 16.5. The largest absolute Gasteiger partial charge is 0.504 e. The van der Waals surface area contributed by atoms with Gasteiger partial charge in [0.15, 0.2) is 11.5 Å². The predicted octanol–water partition coefficient (Wildman–Crippen LogP) is 4.24. The lowest BCUT2D eigenvalue weighted by Gasteiger charge is -2.19.